The number of carbonyl (C=O) groups is 1. The molecule has 0 radical (unpaired) electrons. The average Bonchev–Trinajstić information content (AvgIpc) is 3.06. The highest BCUT2D eigenvalue weighted by molar-refractivity contribution is 5.83. The van der Waals surface area contributed by atoms with Crippen molar-refractivity contribution in [3.05, 3.63) is 29.3 Å². The molecule has 132 valence electrons. The van der Waals surface area contributed by atoms with E-state index in [1.807, 2.05) is 25.1 Å². The van der Waals surface area contributed by atoms with Gasteiger partial charge in [0.1, 0.15) is 5.75 Å². The number of benzene rings is 1. The second-order valence-corrected chi connectivity index (χ2v) is 6.88. The fraction of sp³-hybridized carbons (Fsp3) is 0.632. The molecule has 1 N–H and O–H groups in total. The van der Waals surface area contributed by atoms with Gasteiger partial charge in [0.15, 0.2) is 0 Å². The van der Waals surface area contributed by atoms with E-state index in [2.05, 4.69) is 16.7 Å². The molecule has 0 saturated carbocycles. The zero-order valence-corrected chi connectivity index (χ0v) is 14.7. The number of carbonyl (C=O) groups excluding carboxylic acids is 1. The monoisotopic (exact) mass is 332 g/mol. The number of piperazine rings is 1. The molecule has 2 aliphatic heterocycles. The molecule has 2 aliphatic rings. The normalized spacial score (nSPS) is 24.3. The van der Waals surface area contributed by atoms with Gasteiger partial charge in [-0.05, 0) is 43.9 Å². The van der Waals surface area contributed by atoms with Crippen LogP contribution in [0.2, 0.25) is 0 Å². The Hall–Kier alpha value is -1.59. The summed E-state index contributed by atoms with van der Waals surface area (Å²) in [6, 6.07) is 6.28. The fourth-order valence-corrected chi connectivity index (χ4v) is 3.78. The second kappa shape index (κ2) is 7.53. The minimum atomic E-state index is -0.0760. The Morgan fingerprint density at radius 1 is 1.38 bits per heavy atom. The zero-order valence-electron chi connectivity index (χ0n) is 14.7. The number of ether oxygens (including phenoxy) is 1. The standard InChI is InChI=1S/C19H28N2O3/c1-3-9-24-18-7-6-15(10-16(18)13-22)11-20-12-17-5-4-8-21(17)19(23)14(20)2/h6-7,10,14,17,22H,3-5,8-9,11-13H2,1-2H3/t14-,17+/m0/s1. The van der Waals surface area contributed by atoms with Crippen LogP contribution in [0.4, 0.5) is 0 Å². The summed E-state index contributed by atoms with van der Waals surface area (Å²) >= 11 is 0. The van der Waals surface area contributed by atoms with Crippen molar-refractivity contribution >= 4 is 5.91 Å². The number of rotatable bonds is 6. The van der Waals surface area contributed by atoms with Gasteiger partial charge in [0, 0.05) is 31.2 Å². The highest BCUT2D eigenvalue weighted by atomic mass is 16.5. The van der Waals surface area contributed by atoms with Gasteiger partial charge in [0.05, 0.1) is 19.3 Å². The van der Waals surface area contributed by atoms with Crippen LogP contribution >= 0.6 is 0 Å². The highest BCUT2D eigenvalue weighted by Gasteiger charge is 2.39. The predicted octanol–water partition coefficient (Wildman–Crippen LogP) is 2.16. The summed E-state index contributed by atoms with van der Waals surface area (Å²) in [4.78, 5) is 16.8. The third-order valence-electron chi connectivity index (χ3n) is 5.15. The Morgan fingerprint density at radius 3 is 2.96 bits per heavy atom. The molecule has 0 unspecified atom stereocenters. The molecule has 0 aliphatic carbocycles. The Bertz CT molecular complexity index is 590. The van der Waals surface area contributed by atoms with Gasteiger partial charge in [0.25, 0.3) is 0 Å². The molecular formula is C19H28N2O3. The van der Waals surface area contributed by atoms with Crippen LogP contribution in [0, 0.1) is 0 Å². The maximum atomic E-state index is 12.5. The van der Waals surface area contributed by atoms with Crippen LogP contribution in [0.1, 0.15) is 44.2 Å². The van der Waals surface area contributed by atoms with Crippen molar-refractivity contribution in [3.63, 3.8) is 0 Å². The lowest BCUT2D eigenvalue weighted by Crippen LogP contribution is -2.58. The summed E-state index contributed by atoms with van der Waals surface area (Å²) in [6.07, 6.45) is 3.17. The summed E-state index contributed by atoms with van der Waals surface area (Å²) in [5, 5.41) is 9.61. The van der Waals surface area contributed by atoms with E-state index in [-0.39, 0.29) is 18.6 Å². The number of aliphatic hydroxyl groups is 1. The van der Waals surface area contributed by atoms with Gasteiger partial charge in [-0.15, -0.1) is 0 Å². The SMILES string of the molecule is CCCOc1ccc(CN2C[C@H]3CCCN3C(=O)[C@@H]2C)cc1CO. The van der Waals surface area contributed by atoms with Crippen LogP contribution in [0.15, 0.2) is 18.2 Å². The van der Waals surface area contributed by atoms with Crippen LogP contribution in [0.3, 0.4) is 0 Å². The van der Waals surface area contributed by atoms with E-state index in [1.165, 1.54) is 0 Å². The summed E-state index contributed by atoms with van der Waals surface area (Å²) in [5.74, 6) is 1.02. The Balaban J connectivity index is 1.72. The van der Waals surface area contributed by atoms with E-state index in [0.717, 1.165) is 55.8 Å². The average molecular weight is 332 g/mol. The van der Waals surface area contributed by atoms with Crippen molar-refractivity contribution in [2.45, 2.75) is 58.3 Å². The Kier molecular flexibility index (Phi) is 5.41. The molecule has 3 rings (SSSR count). The minimum absolute atomic E-state index is 0.0300. The first-order valence-electron chi connectivity index (χ1n) is 9.04. The predicted molar refractivity (Wildman–Crippen MR) is 92.8 cm³/mol. The minimum Gasteiger partial charge on any atom is -0.493 e. The fourth-order valence-electron chi connectivity index (χ4n) is 3.78. The van der Waals surface area contributed by atoms with Crippen molar-refractivity contribution in [3.8, 4) is 5.75 Å². The summed E-state index contributed by atoms with van der Waals surface area (Å²) < 4.78 is 5.68. The van der Waals surface area contributed by atoms with E-state index in [0.29, 0.717) is 12.6 Å². The number of hydrogen-bond acceptors (Lipinski definition) is 4. The first-order valence-corrected chi connectivity index (χ1v) is 9.04. The van der Waals surface area contributed by atoms with Crippen LogP contribution in [-0.4, -0.2) is 52.6 Å². The quantitative estimate of drug-likeness (QED) is 0.867. The maximum Gasteiger partial charge on any atom is 0.239 e. The highest BCUT2D eigenvalue weighted by Crippen LogP contribution is 2.28. The first-order chi connectivity index (χ1) is 11.6. The number of aliphatic hydroxyl groups excluding tert-OH is 1. The first kappa shape index (κ1) is 17.2. The van der Waals surface area contributed by atoms with Crippen LogP contribution in [0.5, 0.6) is 5.75 Å². The molecule has 5 heteroatoms. The van der Waals surface area contributed by atoms with Gasteiger partial charge < -0.3 is 14.7 Å². The molecule has 0 spiro atoms. The van der Waals surface area contributed by atoms with Gasteiger partial charge in [0.2, 0.25) is 5.91 Å². The summed E-state index contributed by atoms with van der Waals surface area (Å²) in [6.45, 7) is 7.28. The van der Waals surface area contributed by atoms with E-state index >= 15 is 0 Å². The molecule has 1 amide bonds. The largest absolute Gasteiger partial charge is 0.493 e. The lowest BCUT2D eigenvalue weighted by Gasteiger charge is -2.41. The van der Waals surface area contributed by atoms with Gasteiger partial charge in [-0.3, -0.25) is 9.69 Å². The lowest BCUT2D eigenvalue weighted by atomic mass is 10.0. The van der Waals surface area contributed by atoms with E-state index in [1.54, 1.807) is 0 Å². The molecule has 0 aromatic heterocycles. The second-order valence-electron chi connectivity index (χ2n) is 6.88. The van der Waals surface area contributed by atoms with Gasteiger partial charge in [-0.2, -0.15) is 0 Å². The van der Waals surface area contributed by atoms with Gasteiger partial charge in [-0.1, -0.05) is 13.0 Å². The molecule has 2 atom stereocenters. The maximum absolute atomic E-state index is 12.5. The van der Waals surface area contributed by atoms with E-state index in [9.17, 15) is 9.90 Å². The molecular weight excluding hydrogens is 304 g/mol. The van der Waals surface area contributed by atoms with Gasteiger partial charge >= 0.3 is 0 Å². The molecule has 0 bridgehead atoms. The number of hydrogen-bond donors (Lipinski definition) is 1. The van der Waals surface area contributed by atoms with Crippen molar-refractivity contribution in [2.24, 2.45) is 0 Å². The van der Waals surface area contributed by atoms with Crippen molar-refractivity contribution in [1.29, 1.82) is 0 Å². The topological polar surface area (TPSA) is 53.0 Å². The van der Waals surface area contributed by atoms with Crippen molar-refractivity contribution < 1.29 is 14.6 Å². The van der Waals surface area contributed by atoms with Crippen molar-refractivity contribution in [1.82, 2.24) is 9.80 Å². The molecule has 5 nitrogen and oxygen atoms in total. The third kappa shape index (κ3) is 3.42. The molecule has 24 heavy (non-hydrogen) atoms. The van der Waals surface area contributed by atoms with Gasteiger partial charge in [-0.25, -0.2) is 0 Å². The van der Waals surface area contributed by atoms with Crippen LogP contribution < -0.4 is 4.74 Å². The molecule has 1 aromatic carbocycles. The van der Waals surface area contributed by atoms with Crippen molar-refractivity contribution in [2.75, 3.05) is 19.7 Å². The van der Waals surface area contributed by atoms with E-state index < -0.39 is 0 Å². The molecule has 1 aromatic rings. The Labute approximate surface area is 144 Å². The summed E-state index contributed by atoms with van der Waals surface area (Å²) in [7, 11) is 0. The Morgan fingerprint density at radius 2 is 2.21 bits per heavy atom. The number of nitrogens with zero attached hydrogens (tertiary/aromatic N) is 2. The number of amides is 1. The summed E-state index contributed by atoms with van der Waals surface area (Å²) in [5.41, 5.74) is 1.94. The van der Waals surface area contributed by atoms with E-state index in [4.69, 9.17) is 4.74 Å². The van der Waals surface area contributed by atoms with Crippen LogP contribution in [-0.2, 0) is 17.9 Å². The zero-order chi connectivity index (χ0) is 17.1. The third-order valence-corrected chi connectivity index (χ3v) is 5.15. The molecule has 2 saturated heterocycles. The molecule has 2 fully saturated rings. The smallest absolute Gasteiger partial charge is 0.239 e. The number of fused-ring (bicyclic) bond motifs is 1. The lowest BCUT2D eigenvalue weighted by molar-refractivity contribution is -0.143. The van der Waals surface area contributed by atoms with Crippen LogP contribution in [0.25, 0.3) is 0 Å². The molecule has 2 heterocycles.